The van der Waals surface area contributed by atoms with E-state index in [1.807, 2.05) is 22.7 Å². The van der Waals surface area contributed by atoms with Gasteiger partial charge >= 0.3 is 0 Å². The first kappa shape index (κ1) is 17.8. The molecule has 0 amide bonds. The van der Waals surface area contributed by atoms with Crippen LogP contribution in [0.25, 0.3) is 67.8 Å². The summed E-state index contributed by atoms with van der Waals surface area (Å²) in [7, 11) is 0. The first-order valence-electron chi connectivity index (χ1n) is 11.1. The van der Waals surface area contributed by atoms with Crippen molar-refractivity contribution in [1.29, 1.82) is 0 Å². The van der Waals surface area contributed by atoms with Crippen molar-refractivity contribution in [2.75, 3.05) is 0 Å². The number of rotatable bonds is 1. The lowest BCUT2D eigenvalue weighted by molar-refractivity contribution is 1.19. The normalized spacial score (nSPS) is 12.2. The van der Waals surface area contributed by atoms with Crippen molar-refractivity contribution in [3.63, 3.8) is 0 Å². The van der Waals surface area contributed by atoms with Crippen molar-refractivity contribution in [2.45, 2.75) is 0 Å². The molecule has 0 aliphatic heterocycles. The van der Waals surface area contributed by atoms with Crippen LogP contribution in [0.15, 0.2) is 103 Å². The molecule has 8 aromatic rings. The number of hydrogen-bond donors (Lipinski definition) is 0. The fourth-order valence-electron chi connectivity index (χ4n) is 5.45. The Bertz CT molecular complexity index is 2020. The van der Waals surface area contributed by atoms with Gasteiger partial charge < -0.3 is 4.57 Å². The third kappa shape index (κ3) is 2.26. The molecule has 0 bridgehead atoms. The standard InChI is InChI=1S/C30H17NS2/c1-2-10-18(11-3-1)31-23-16-8-6-14-21(23)25-19-12-4-5-13-20(19)26-29(27(25)31)33-28-22-15-7-9-17-24(22)32-30(26)28/h1-17H. The van der Waals surface area contributed by atoms with E-state index in [4.69, 9.17) is 0 Å². The number of benzene rings is 5. The molecule has 0 N–H and O–H groups in total. The average molecular weight is 456 g/mol. The molecule has 3 aromatic heterocycles. The molecule has 8 rings (SSSR count). The van der Waals surface area contributed by atoms with Crippen LogP contribution in [0.4, 0.5) is 0 Å². The van der Waals surface area contributed by atoms with Crippen molar-refractivity contribution in [3.8, 4) is 5.69 Å². The van der Waals surface area contributed by atoms with E-state index in [1.54, 1.807) is 0 Å². The molecule has 3 heterocycles. The zero-order chi connectivity index (χ0) is 21.5. The van der Waals surface area contributed by atoms with Gasteiger partial charge in [-0.2, -0.15) is 0 Å². The smallest absolute Gasteiger partial charge is 0.0726 e. The molecular formula is C30H17NS2. The predicted octanol–water partition coefficient (Wildman–Crippen LogP) is 9.52. The van der Waals surface area contributed by atoms with Crippen LogP contribution in [-0.2, 0) is 0 Å². The summed E-state index contributed by atoms with van der Waals surface area (Å²) in [5.41, 5.74) is 3.80. The van der Waals surface area contributed by atoms with Crippen molar-refractivity contribution >= 4 is 84.8 Å². The maximum atomic E-state index is 2.47. The molecule has 0 aliphatic rings. The third-order valence-corrected chi connectivity index (χ3v) is 9.33. The van der Waals surface area contributed by atoms with Crippen LogP contribution in [0, 0.1) is 0 Å². The highest BCUT2D eigenvalue weighted by molar-refractivity contribution is 7.37. The van der Waals surface area contributed by atoms with E-state index in [1.165, 1.54) is 67.8 Å². The number of para-hydroxylation sites is 2. The number of nitrogens with zero attached hydrogens (tertiary/aromatic N) is 1. The second-order valence-corrected chi connectivity index (χ2v) is 10.6. The van der Waals surface area contributed by atoms with Crippen LogP contribution in [0.3, 0.4) is 0 Å². The maximum Gasteiger partial charge on any atom is 0.0726 e. The van der Waals surface area contributed by atoms with Gasteiger partial charge in [-0.25, -0.2) is 0 Å². The molecule has 0 radical (unpaired) electrons. The Morgan fingerprint density at radius 3 is 1.91 bits per heavy atom. The number of thiophene rings is 2. The molecule has 1 nitrogen and oxygen atoms in total. The third-order valence-electron chi connectivity index (χ3n) is 6.78. The summed E-state index contributed by atoms with van der Waals surface area (Å²) in [5, 5.41) is 8.14. The number of fused-ring (bicyclic) bond motifs is 12. The molecule has 5 aromatic carbocycles. The first-order chi connectivity index (χ1) is 16.4. The van der Waals surface area contributed by atoms with E-state index in [2.05, 4.69) is 108 Å². The van der Waals surface area contributed by atoms with E-state index in [0.29, 0.717) is 0 Å². The van der Waals surface area contributed by atoms with Gasteiger partial charge in [0.25, 0.3) is 0 Å². The largest absolute Gasteiger partial charge is 0.308 e. The number of hydrogen-bond acceptors (Lipinski definition) is 2. The van der Waals surface area contributed by atoms with Crippen molar-refractivity contribution < 1.29 is 0 Å². The minimum Gasteiger partial charge on any atom is -0.308 e. The second kappa shape index (κ2) is 6.44. The van der Waals surface area contributed by atoms with Gasteiger partial charge in [0, 0.05) is 31.9 Å². The van der Waals surface area contributed by atoms with Crippen LogP contribution in [0.2, 0.25) is 0 Å². The fraction of sp³-hybridized carbons (Fsp3) is 0. The molecule has 0 spiro atoms. The van der Waals surface area contributed by atoms with Crippen LogP contribution in [0.1, 0.15) is 0 Å². The summed E-state index contributed by atoms with van der Waals surface area (Å²) < 4.78 is 8.05. The van der Waals surface area contributed by atoms with Crippen molar-refractivity contribution in [1.82, 2.24) is 4.57 Å². The predicted molar refractivity (Wildman–Crippen MR) is 147 cm³/mol. The maximum absolute atomic E-state index is 2.47. The molecule has 0 fully saturated rings. The molecule has 33 heavy (non-hydrogen) atoms. The summed E-state index contributed by atoms with van der Waals surface area (Å²) in [6, 6.07) is 37.5. The van der Waals surface area contributed by atoms with E-state index >= 15 is 0 Å². The quantitative estimate of drug-likeness (QED) is 0.232. The molecular weight excluding hydrogens is 438 g/mol. The van der Waals surface area contributed by atoms with Crippen LogP contribution in [-0.4, -0.2) is 4.57 Å². The first-order valence-corrected chi connectivity index (χ1v) is 12.8. The summed E-state index contributed by atoms with van der Waals surface area (Å²) in [4.78, 5) is 0. The van der Waals surface area contributed by atoms with Gasteiger partial charge in [0.1, 0.15) is 0 Å². The average Bonchev–Trinajstić information content (AvgIpc) is 3.53. The van der Waals surface area contributed by atoms with Gasteiger partial charge in [-0.1, -0.05) is 78.9 Å². The summed E-state index contributed by atoms with van der Waals surface area (Å²) >= 11 is 3.89. The van der Waals surface area contributed by atoms with Gasteiger partial charge in [-0.05, 0) is 35.0 Å². The highest BCUT2D eigenvalue weighted by Gasteiger charge is 2.22. The van der Waals surface area contributed by atoms with E-state index in [0.717, 1.165) is 0 Å². The van der Waals surface area contributed by atoms with Gasteiger partial charge in [-0.3, -0.25) is 0 Å². The SMILES string of the molecule is c1ccc(-n2c3ccccc3c3c4ccccc4c4c5sc6ccccc6c5sc4c32)cc1. The Hall–Kier alpha value is -3.66. The fourth-order valence-corrected chi connectivity index (χ4v) is 8.28. The lowest BCUT2D eigenvalue weighted by Gasteiger charge is -2.10. The highest BCUT2D eigenvalue weighted by atomic mass is 32.1. The lowest BCUT2D eigenvalue weighted by Crippen LogP contribution is -1.93. The van der Waals surface area contributed by atoms with E-state index in [-0.39, 0.29) is 0 Å². The Kier molecular flexibility index (Phi) is 3.48. The molecule has 3 heteroatoms. The molecule has 0 saturated carbocycles. The summed E-state index contributed by atoms with van der Waals surface area (Å²) in [6.45, 7) is 0. The second-order valence-electron chi connectivity index (χ2n) is 8.52. The minimum atomic E-state index is 1.21. The lowest BCUT2D eigenvalue weighted by atomic mass is 10.0. The molecule has 154 valence electrons. The molecule has 0 aliphatic carbocycles. The summed E-state index contributed by atoms with van der Waals surface area (Å²) in [6.07, 6.45) is 0. The van der Waals surface area contributed by atoms with E-state index < -0.39 is 0 Å². The molecule has 0 atom stereocenters. The van der Waals surface area contributed by atoms with Gasteiger partial charge in [0.2, 0.25) is 0 Å². The van der Waals surface area contributed by atoms with Crippen LogP contribution >= 0.6 is 22.7 Å². The number of aromatic nitrogens is 1. The van der Waals surface area contributed by atoms with Crippen LogP contribution in [0.5, 0.6) is 0 Å². The highest BCUT2D eigenvalue weighted by Crippen LogP contribution is 2.51. The molecule has 0 saturated heterocycles. The van der Waals surface area contributed by atoms with Crippen molar-refractivity contribution in [3.05, 3.63) is 103 Å². The van der Waals surface area contributed by atoms with E-state index in [9.17, 15) is 0 Å². The zero-order valence-corrected chi connectivity index (χ0v) is 19.2. The van der Waals surface area contributed by atoms with Gasteiger partial charge in [0.05, 0.1) is 25.1 Å². The Morgan fingerprint density at radius 2 is 1.09 bits per heavy atom. The minimum absolute atomic E-state index is 1.21. The zero-order valence-electron chi connectivity index (χ0n) is 17.6. The van der Waals surface area contributed by atoms with Crippen molar-refractivity contribution in [2.24, 2.45) is 0 Å². The topological polar surface area (TPSA) is 4.93 Å². The Balaban J connectivity index is 1.74. The Morgan fingerprint density at radius 1 is 0.455 bits per heavy atom. The molecule has 0 unspecified atom stereocenters. The summed E-state index contributed by atoms with van der Waals surface area (Å²) in [5.74, 6) is 0. The van der Waals surface area contributed by atoms with Gasteiger partial charge in [0.15, 0.2) is 0 Å². The van der Waals surface area contributed by atoms with Gasteiger partial charge in [-0.15, -0.1) is 22.7 Å². The van der Waals surface area contributed by atoms with Crippen LogP contribution < -0.4 is 0 Å². The Labute approximate surface area is 197 Å². The monoisotopic (exact) mass is 455 g/mol.